The second kappa shape index (κ2) is 4.95. The zero-order chi connectivity index (χ0) is 13.3. The third-order valence-electron chi connectivity index (χ3n) is 2.66. The highest BCUT2D eigenvalue weighted by atomic mass is 32.2. The van der Waals surface area contributed by atoms with Crippen molar-refractivity contribution in [1.82, 2.24) is 4.31 Å². The van der Waals surface area contributed by atoms with Crippen LogP contribution in [0, 0.1) is 0 Å². The smallest absolute Gasteiger partial charge is 0.395 e. The van der Waals surface area contributed by atoms with Gasteiger partial charge in [0.25, 0.3) is 0 Å². The highest BCUT2D eigenvalue weighted by molar-refractivity contribution is 7.89. The fourth-order valence-corrected chi connectivity index (χ4v) is 2.81. The van der Waals surface area contributed by atoms with E-state index >= 15 is 0 Å². The molecule has 100 valence electrons. The van der Waals surface area contributed by atoms with E-state index in [1.54, 1.807) is 0 Å². The Balaban J connectivity index is 2.80. The van der Waals surface area contributed by atoms with E-state index in [1.807, 2.05) is 0 Å². The average molecular weight is 273 g/mol. The number of aliphatic hydroxyl groups is 1. The van der Waals surface area contributed by atoms with Gasteiger partial charge in [-0.1, -0.05) is 6.08 Å². The molecule has 0 spiro atoms. The van der Waals surface area contributed by atoms with Gasteiger partial charge in [0, 0.05) is 18.7 Å². The number of aliphatic hydroxyl groups excluding tert-OH is 1. The molecule has 0 amide bonds. The summed E-state index contributed by atoms with van der Waals surface area (Å²) in [6.45, 7) is 0.284. The van der Waals surface area contributed by atoms with Crippen LogP contribution in [-0.2, 0) is 10.0 Å². The molecule has 1 unspecified atom stereocenters. The third-order valence-corrected chi connectivity index (χ3v) is 4.88. The number of rotatable bonds is 3. The van der Waals surface area contributed by atoms with Crippen LogP contribution < -0.4 is 0 Å². The van der Waals surface area contributed by atoms with Gasteiger partial charge in [-0.2, -0.15) is 17.5 Å². The Labute approximate surface area is 97.8 Å². The predicted molar refractivity (Wildman–Crippen MR) is 55.8 cm³/mol. The zero-order valence-corrected chi connectivity index (χ0v) is 10.1. The maximum absolute atomic E-state index is 12.3. The van der Waals surface area contributed by atoms with Crippen molar-refractivity contribution in [2.24, 2.45) is 0 Å². The van der Waals surface area contributed by atoms with Crippen LogP contribution in [0.5, 0.6) is 0 Å². The Hall–Kier alpha value is -0.600. The summed E-state index contributed by atoms with van der Waals surface area (Å²) < 4.78 is 61.4. The Bertz CT molecular complexity index is 402. The zero-order valence-electron chi connectivity index (χ0n) is 9.24. The molecule has 4 nitrogen and oxygen atoms in total. The molecule has 17 heavy (non-hydrogen) atoms. The lowest BCUT2D eigenvalue weighted by Crippen LogP contribution is -2.42. The molecule has 0 aromatic carbocycles. The first-order valence-corrected chi connectivity index (χ1v) is 6.56. The molecule has 1 aliphatic rings. The summed E-state index contributed by atoms with van der Waals surface area (Å²) in [7, 11) is -3.71. The number of halogens is 3. The van der Waals surface area contributed by atoms with E-state index in [4.69, 9.17) is 5.11 Å². The molecule has 0 fully saturated rings. The maximum Gasteiger partial charge on any atom is 0.412 e. The number of hydrogen-bond acceptors (Lipinski definition) is 3. The van der Waals surface area contributed by atoms with E-state index in [1.165, 1.54) is 6.92 Å². The van der Waals surface area contributed by atoms with Crippen LogP contribution in [0.1, 0.15) is 13.3 Å². The van der Waals surface area contributed by atoms with Crippen LogP contribution in [-0.4, -0.2) is 49.0 Å². The minimum Gasteiger partial charge on any atom is -0.395 e. The van der Waals surface area contributed by atoms with Crippen LogP contribution in [0.2, 0.25) is 0 Å². The van der Waals surface area contributed by atoms with Gasteiger partial charge in [-0.15, -0.1) is 0 Å². The van der Waals surface area contributed by atoms with Crippen molar-refractivity contribution < 1.29 is 26.7 Å². The molecule has 1 rings (SSSR count). The first-order chi connectivity index (χ1) is 7.69. The van der Waals surface area contributed by atoms with Gasteiger partial charge >= 0.3 is 6.18 Å². The van der Waals surface area contributed by atoms with Crippen molar-refractivity contribution in [3.63, 3.8) is 0 Å². The van der Waals surface area contributed by atoms with E-state index in [0.29, 0.717) is 0 Å². The Morgan fingerprint density at radius 3 is 2.47 bits per heavy atom. The molecular weight excluding hydrogens is 259 g/mol. The fourth-order valence-electron chi connectivity index (χ4n) is 1.49. The molecule has 0 saturated carbocycles. The Morgan fingerprint density at radius 1 is 1.53 bits per heavy atom. The highest BCUT2D eigenvalue weighted by Gasteiger charge is 2.37. The van der Waals surface area contributed by atoms with E-state index < -0.39 is 33.6 Å². The average Bonchev–Trinajstić information content (AvgIpc) is 2.27. The van der Waals surface area contributed by atoms with E-state index in [9.17, 15) is 21.6 Å². The molecule has 8 heteroatoms. The van der Waals surface area contributed by atoms with Crippen molar-refractivity contribution in [3.8, 4) is 0 Å². The van der Waals surface area contributed by atoms with Crippen LogP contribution in [0.15, 0.2) is 11.6 Å². The molecule has 0 aliphatic carbocycles. The second-order valence-corrected chi connectivity index (χ2v) is 6.22. The van der Waals surface area contributed by atoms with E-state index in [0.717, 1.165) is 10.4 Å². The minimum atomic E-state index is -4.39. The molecule has 1 atom stereocenters. The van der Waals surface area contributed by atoms with Gasteiger partial charge < -0.3 is 5.11 Å². The molecule has 1 N–H and O–H groups in total. The number of hydrogen-bond donors (Lipinski definition) is 1. The van der Waals surface area contributed by atoms with Crippen LogP contribution in [0.4, 0.5) is 13.2 Å². The lowest BCUT2D eigenvalue weighted by molar-refractivity contribution is -0.0953. The first-order valence-electron chi connectivity index (χ1n) is 5.05. The topological polar surface area (TPSA) is 57.6 Å². The summed E-state index contributed by atoms with van der Waals surface area (Å²) in [5.74, 6) is 0. The van der Waals surface area contributed by atoms with Gasteiger partial charge in [-0.3, -0.25) is 0 Å². The summed E-state index contributed by atoms with van der Waals surface area (Å²) in [6, 6.07) is 0. The lowest BCUT2D eigenvalue weighted by atomic mass is 10.1. The summed E-state index contributed by atoms with van der Waals surface area (Å²) in [4.78, 5) is 0. The Kier molecular flexibility index (Phi) is 4.21. The van der Waals surface area contributed by atoms with Gasteiger partial charge in [-0.25, -0.2) is 8.42 Å². The lowest BCUT2D eigenvalue weighted by Gasteiger charge is -2.28. The standard InChI is InChI=1S/C9H14F3NO3S/c1-7(6-14)17(15,16)13-4-2-8(3-5-13)9(10,11)12/h2,7,14H,3-6H2,1H3. The minimum absolute atomic E-state index is 0.196. The van der Waals surface area contributed by atoms with Gasteiger partial charge in [0.15, 0.2) is 0 Å². The SMILES string of the molecule is CC(CO)S(=O)(=O)N1CC=C(C(F)(F)F)CC1. The van der Waals surface area contributed by atoms with Crippen LogP contribution in [0.3, 0.4) is 0 Å². The monoisotopic (exact) mass is 273 g/mol. The van der Waals surface area contributed by atoms with E-state index in [-0.39, 0.29) is 19.5 Å². The molecule has 1 heterocycles. The number of sulfonamides is 1. The number of alkyl halides is 3. The maximum atomic E-state index is 12.3. The molecule has 0 radical (unpaired) electrons. The molecule has 0 saturated heterocycles. The predicted octanol–water partition coefficient (Wildman–Crippen LogP) is 0.891. The summed E-state index contributed by atoms with van der Waals surface area (Å²) in [6.07, 6.45) is -3.86. The molecule has 1 aliphatic heterocycles. The number of nitrogens with zero attached hydrogens (tertiary/aromatic N) is 1. The molecule has 0 aromatic rings. The Morgan fingerprint density at radius 2 is 2.12 bits per heavy atom. The van der Waals surface area contributed by atoms with Gasteiger partial charge in [0.2, 0.25) is 10.0 Å². The summed E-state index contributed by atoms with van der Waals surface area (Å²) in [5, 5.41) is 7.78. The van der Waals surface area contributed by atoms with Crippen molar-refractivity contribution in [2.75, 3.05) is 19.7 Å². The van der Waals surface area contributed by atoms with Gasteiger partial charge in [-0.05, 0) is 13.3 Å². The van der Waals surface area contributed by atoms with E-state index in [2.05, 4.69) is 0 Å². The summed E-state index contributed by atoms with van der Waals surface area (Å²) >= 11 is 0. The quantitative estimate of drug-likeness (QED) is 0.777. The first kappa shape index (κ1) is 14.5. The molecular formula is C9H14F3NO3S. The second-order valence-electron chi connectivity index (χ2n) is 3.87. The summed E-state index contributed by atoms with van der Waals surface area (Å²) in [5.41, 5.74) is -0.694. The van der Waals surface area contributed by atoms with Crippen molar-refractivity contribution in [2.45, 2.75) is 24.8 Å². The molecule has 0 bridgehead atoms. The normalized spacial score (nSPS) is 21.1. The van der Waals surface area contributed by atoms with Crippen molar-refractivity contribution in [1.29, 1.82) is 0 Å². The van der Waals surface area contributed by atoms with Crippen LogP contribution >= 0.6 is 0 Å². The molecule has 0 aromatic heterocycles. The van der Waals surface area contributed by atoms with Crippen molar-refractivity contribution in [3.05, 3.63) is 11.6 Å². The largest absolute Gasteiger partial charge is 0.412 e. The third kappa shape index (κ3) is 3.20. The van der Waals surface area contributed by atoms with Crippen molar-refractivity contribution >= 4 is 10.0 Å². The highest BCUT2D eigenvalue weighted by Crippen LogP contribution is 2.31. The fraction of sp³-hybridized carbons (Fsp3) is 0.778. The van der Waals surface area contributed by atoms with Gasteiger partial charge in [0.1, 0.15) is 0 Å². The van der Waals surface area contributed by atoms with Gasteiger partial charge in [0.05, 0.1) is 11.9 Å². The van der Waals surface area contributed by atoms with Crippen LogP contribution in [0.25, 0.3) is 0 Å².